The highest BCUT2D eigenvalue weighted by atomic mass is 16.5. The Hall–Kier alpha value is -2.08. The number of aliphatic carboxylic acids is 1. The van der Waals surface area contributed by atoms with Crippen molar-refractivity contribution in [1.82, 2.24) is 10.6 Å². The van der Waals surface area contributed by atoms with Gasteiger partial charge in [0.2, 0.25) is 0 Å². The van der Waals surface area contributed by atoms with Gasteiger partial charge in [-0.25, -0.2) is 0 Å². The van der Waals surface area contributed by atoms with Crippen molar-refractivity contribution in [1.29, 1.82) is 5.41 Å². The molecule has 6 nitrogen and oxygen atoms in total. The molecule has 2 atom stereocenters. The van der Waals surface area contributed by atoms with Crippen molar-refractivity contribution < 1.29 is 14.6 Å². The highest BCUT2D eigenvalue weighted by molar-refractivity contribution is 5.96. The molecule has 1 aliphatic rings. The Labute approximate surface area is 124 Å². The average molecular weight is 291 g/mol. The van der Waals surface area contributed by atoms with E-state index in [0.29, 0.717) is 17.6 Å². The summed E-state index contributed by atoms with van der Waals surface area (Å²) in [6.07, 6.45) is 1.02. The summed E-state index contributed by atoms with van der Waals surface area (Å²) < 4.78 is 5.42. The summed E-state index contributed by atoms with van der Waals surface area (Å²) in [6, 6.07) is 7.43. The zero-order valence-electron chi connectivity index (χ0n) is 12.1. The zero-order valence-corrected chi connectivity index (χ0v) is 12.1. The molecule has 0 spiro atoms. The summed E-state index contributed by atoms with van der Waals surface area (Å²) in [4.78, 5) is 10.7. The van der Waals surface area contributed by atoms with Crippen LogP contribution in [0.1, 0.15) is 18.9 Å². The molecule has 1 aliphatic heterocycles. The molecule has 0 radical (unpaired) electrons. The second-order valence-corrected chi connectivity index (χ2v) is 5.28. The Bertz CT molecular complexity index is 495. The van der Waals surface area contributed by atoms with Gasteiger partial charge in [0.25, 0.3) is 0 Å². The second kappa shape index (κ2) is 7.08. The number of hydrogen-bond acceptors (Lipinski definition) is 4. The van der Waals surface area contributed by atoms with Gasteiger partial charge in [0, 0.05) is 18.2 Å². The summed E-state index contributed by atoms with van der Waals surface area (Å²) in [5.74, 6) is -0.404. The molecule has 6 heteroatoms. The van der Waals surface area contributed by atoms with Gasteiger partial charge in [-0.15, -0.1) is 0 Å². The Morgan fingerprint density at radius 1 is 1.52 bits per heavy atom. The first-order valence-electron chi connectivity index (χ1n) is 7.08. The summed E-state index contributed by atoms with van der Waals surface area (Å²) >= 11 is 0. The predicted molar refractivity (Wildman–Crippen MR) is 80.0 cm³/mol. The minimum Gasteiger partial charge on any atom is -0.493 e. The molecule has 1 aromatic rings. The van der Waals surface area contributed by atoms with Crippen LogP contribution in [-0.4, -0.2) is 42.6 Å². The van der Waals surface area contributed by atoms with Gasteiger partial charge in [0.05, 0.1) is 5.92 Å². The molecule has 4 N–H and O–H groups in total. The fraction of sp³-hybridized carbons (Fsp3) is 0.467. The lowest BCUT2D eigenvalue weighted by Crippen LogP contribution is -2.36. The van der Waals surface area contributed by atoms with Crippen molar-refractivity contribution in [2.45, 2.75) is 19.4 Å². The number of ether oxygens (including phenoxy) is 1. The van der Waals surface area contributed by atoms with Crippen LogP contribution in [0.15, 0.2) is 24.3 Å². The van der Waals surface area contributed by atoms with Gasteiger partial charge in [-0.1, -0.05) is 0 Å². The number of carboxylic acid groups (broad SMARTS) is 1. The van der Waals surface area contributed by atoms with Crippen LogP contribution in [0.5, 0.6) is 5.75 Å². The molecule has 0 bridgehead atoms. The number of carbonyl (C=O) groups is 1. The minimum atomic E-state index is -0.872. The maximum Gasteiger partial charge on any atom is 0.309 e. The van der Waals surface area contributed by atoms with E-state index >= 15 is 0 Å². The molecule has 0 saturated carbocycles. The lowest BCUT2D eigenvalue weighted by atomic mass is 10.1. The first kappa shape index (κ1) is 15.3. The van der Waals surface area contributed by atoms with Crippen LogP contribution in [-0.2, 0) is 4.79 Å². The van der Waals surface area contributed by atoms with E-state index in [1.165, 1.54) is 0 Å². The van der Waals surface area contributed by atoms with Crippen LogP contribution >= 0.6 is 0 Å². The SMILES string of the molecule is CC(COc1ccc(C(=N)NC2CCNC2)cc1)C(=O)O. The van der Waals surface area contributed by atoms with Gasteiger partial charge in [-0.3, -0.25) is 10.2 Å². The highest BCUT2D eigenvalue weighted by Gasteiger charge is 2.16. The first-order chi connectivity index (χ1) is 10.1. The Morgan fingerprint density at radius 2 is 2.24 bits per heavy atom. The fourth-order valence-corrected chi connectivity index (χ4v) is 2.08. The molecule has 1 fully saturated rings. The topological polar surface area (TPSA) is 94.4 Å². The van der Waals surface area contributed by atoms with E-state index in [9.17, 15) is 4.79 Å². The number of rotatable bonds is 6. The van der Waals surface area contributed by atoms with Crippen LogP contribution < -0.4 is 15.4 Å². The number of carboxylic acids is 1. The average Bonchev–Trinajstić information content (AvgIpc) is 2.98. The molecular formula is C15H21N3O3. The molecule has 2 rings (SSSR count). The predicted octanol–water partition coefficient (Wildman–Crippen LogP) is 1.06. The summed E-state index contributed by atoms with van der Waals surface area (Å²) in [6.45, 7) is 3.61. The monoisotopic (exact) mass is 291 g/mol. The minimum absolute atomic E-state index is 0.137. The van der Waals surface area contributed by atoms with E-state index in [1.54, 1.807) is 31.2 Å². The van der Waals surface area contributed by atoms with E-state index in [4.69, 9.17) is 15.3 Å². The molecule has 1 heterocycles. The van der Waals surface area contributed by atoms with Crippen molar-refractivity contribution in [2.24, 2.45) is 5.92 Å². The summed E-state index contributed by atoms with van der Waals surface area (Å²) in [7, 11) is 0. The first-order valence-corrected chi connectivity index (χ1v) is 7.08. The Morgan fingerprint density at radius 3 is 2.81 bits per heavy atom. The maximum atomic E-state index is 10.7. The molecule has 0 aromatic heterocycles. The largest absolute Gasteiger partial charge is 0.493 e. The number of nitrogens with one attached hydrogen (secondary N) is 3. The number of benzene rings is 1. The number of amidine groups is 1. The highest BCUT2D eigenvalue weighted by Crippen LogP contribution is 2.14. The molecule has 1 aromatic carbocycles. The third-order valence-electron chi connectivity index (χ3n) is 3.47. The van der Waals surface area contributed by atoms with Crippen molar-refractivity contribution in [3.05, 3.63) is 29.8 Å². The Kier molecular flexibility index (Phi) is 5.16. The lowest BCUT2D eigenvalue weighted by Gasteiger charge is -2.14. The molecule has 2 unspecified atom stereocenters. The maximum absolute atomic E-state index is 10.7. The van der Waals surface area contributed by atoms with Crippen molar-refractivity contribution in [2.75, 3.05) is 19.7 Å². The van der Waals surface area contributed by atoms with E-state index in [0.717, 1.165) is 25.1 Å². The van der Waals surface area contributed by atoms with Crippen molar-refractivity contribution in [3.63, 3.8) is 0 Å². The fourth-order valence-electron chi connectivity index (χ4n) is 2.08. The number of hydrogen-bond donors (Lipinski definition) is 4. The second-order valence-electron chi connectivity index (χ2n) is 5.28. The molecule has 0 aliphatic carbocycles. The van der Waals surface area contributed by atoms with Crippen LogP contribution in [0, 0.1) is 11.3 Å². The van der Waals surface area contributed by atoms with Crippen molar-refractivity contribution in [3.8, 4) is 5.75 Å². The normalized spacial score (nSPS) is 19.0. The third-order valence-corrected chi connectivity index (χ3v) is 3.47. The zero-order chi connectivity index (χ0) is 15.2. The van der Waals surface area contributed by atoms with E-state index < -0.39 is 11.9 Å². The molecule has 0 amide bonds. The lowest BCUT2D eigenvalue weighted by molar-refractivity contribution is -0.142. The molecule has 1 saturated heterocycles. The van der Waals surface area contributed by atoms with Crippen LogP contribution in [0.4, 0.5) is 0 Å². The summed E-state index contributed by atoms with van der Waals surface area (Å²) in [5.41, 5.74) is 0.792. The molecule has 21 heavy (non-hydrogen) atoms. The third kappa shape index (κ3) is 4.46. The van der Waals surface area contributed by atoms with Crippen LogP contribution in [0.2, 0.25) is 0 Å². The van der Waals surface area contributed by atoms with Gasteiger partial charge in [0.15, 0.2) is 0 Å². The van der Waals surface area contributed by atoms with Gasteiger partial charge >= 0.3 is 5.97 Å². The van der Waals surface area contributed by atoms with Gasteiger partial charge in [0.1, 0.15) is 18.2 Å². The van der Waals surface area contributed by atoms with E-state index in [1.807, 2.05) is 0 Å². The smallest absolute Gasteiger partial charge is 0.309 e. The van der Waals surface area contributed by atoms with Gasteiger partial charge in [-0.05, 0) is 44.2 Å². The Balaban J connectivity index is 1.86. The summed E-state index contributed by atoms with van der Waals surface area (Å²) in [5, 5.41) is 23.3. The van der Waals surface area contributed by atoms with E-state index in [2.05, 4.69) is 10.6 Å². The molecule has 114 valence electrons. The van der Waals surface area contributed by atoms with Crippen molar-refractivity contribution >= 4 is 11.8 Å². The van der Waals surface area contributed by atoms with E-state index in [-0.39, 0.29) is 6.61 Å². The van der Waals surface area contributed by atoms with Gasteiger partial charge < -0.3 is 20.5 Å². The van der Waals surface area contributed by atoms with Crippen LogP contribution in [0.3, 0.4) is 0 Å². The quantitative estimate of drug-likeness (QED) is 0.464. The standard InChI is InChI=1S/C15H21N3O3/c1-10(15(19)20)9-21-13-4-2-11(3-5-13)14(16)18-12-6-7-17-8-12/h2-5,10,12,17H,6-9H2,1H3,(H2,16,18)(H,19,20). The van der Waals surface area contributed by atoms with Crippen LogP contribution in [0.25, 0.3) is 0 Å². The molecular weight excluding hydrogens is 270 g/mol. The van der Waals surface area contributed by atoms with Gasteiger partial charge in [-0.2, -0.15) is 0 Å².